The molecular formula is C7H14ClNO2. The molecule has 11 heavy (non-hydrogen) atoms. The number of rotatable bonds is 5. The fourth-order valence-corrected chi connectivity index (χ4v) is 0.882. The molecule has 0 saturated carbocycles. The third-order valence-electron chi connectivity index (χ3n) is 1.24. The predicted molar refractivity (Wildman–Crippen MR) is 44.9 cm³/mol. The van der Waals surface area contributed by atoms with Crippen LogP contribution < -0.4 is 0 Å². The molecule has 0 aliphatic rings. The van der Waals surface area contributed by atoms with Gasteiger partial charge < -0.3 is 14.4 Å². The average Bonchev–Trinajstić information content (AvgIpc) is 2.01. The third-order valence-corrected chi connectivity index (χ3v) is 1.49. The van der Waals surface area contributed by atoms with Crippen molar-refractivity contribution in [2.75, 3.05) is 20.3 Å². The highest BCUT2D eigenvalue weighted by atomic mass is 35.5. The minimum absolute atomic E-state index is 0.328. The monoisotopic (exact) mass is 179 g/mol. The van der Waals surface area contributed by atoms with Gasteiger partial charge in [0, 0.05) is 13.7 Å². The van der Waals surface area contributed by atoms with E-state index in [0.717, 1.165) is 0 Å². The number of ether oxygens (including phenoxy) is 1. The van der Waals surface area contributed by atoms with Gasteiger partial charge in [-0.05, 0) is 0 Å². The Morgan fingerprint density at radius 3 is 2.82 bits per heavy atom. The first-order chi connectivity index (χ1) is 5.24. The summed E-state index contributed by atoms with van der Waals surface area (Å²) in [6, 6.07) is 0. The Morgan fingerprint density at radius 1 is 1.82 bits per heavy atom. The van der Waals surface area contributed by atoms with Gasteiger partial charge in [-0.15, -0.1) is 11.6 Å². The maximum Gasteiger partial charge on any atom is 0.144 e. The Hall–Kier alpha value is -0.250. The van der Waals surface area contributed by atoms with E-state index in [-0.39, 0.29) is 0 Å². The summed E-state index contributed by atoms with van der Waals surface area (Å²) in [6.07, 6.45) is -0.494. The van der Waals surface area contributed by atoms with Crippen molar-refractivity contribution in [3.63, 3.8) is 0 Å². The van der Waals surface area contributed by atoms with Crippen LogP contribution in [0.4, 0.5) is 0 Å². The van der Waals surface area contributed by atoms with Crippen LogP contribution in [0.2, 0.25) is 0 Å². The number of nitrogens with zero attached hydrogens (tertiary/aromatic N) is 1. The third kappa shape index (κ3) is 5.07. The minimum Gasteiger partial charge on any atom is -0.384 e. The van der Waals surface area contributed by atoms with E-state index in [9.17, 15) is 5.11 Å². The molecule has 0 heterocycles. The molecule has 4 heteroatoms. The summed E-state index contributed by atoms with van der Waals surface area (Å²) in [6.45, 7) is 4.42. The fraction of sp³-hybridized carbons (Fsp3) is 0.714. The lowest BCUT2D eigenvalue weighted by atomic mass is 10.3. The second-order valence-electron chi connectivity index (χ2n) is 2.16. The van der Waals surface area contributed by atoms with Gasteiger partial charge in [-0.3, -0.25) is 0 Å². The molecule has 66 valence electrons. The lowest BCUT2D eigenvalue weighted by Gasteiger charge is -2.11. The Balaban J connectivity index is 3.63. The van der Waals surface area contributed by atoms with Crippen LogP contribution in [0.15, 0.2) is 0 Å². The van der Waals surface area contributed by atoms with Crippen LogP contribution in [0.3, 0.4) is 0 Å². The van der Waals surface area contributed by atoms with Crippen molar-refractivity contribution >= 4 is 17.3 Å². The topological polar surface area (TPSA) is 32.5 Å². The zero-order chi connectivity index (χ0) is 8.69. The highest BCUT2D eigenvalue weighted by molar-refractivity contribution is 6.54. The van der Waals surface area contributed by atoms with E-state index in [1.54, 1.807) is 18.2 Å². The number of methoxy groups -OCH3 is 1. The lowest BCUT2D eigenvalue weighted by Crippen LogP contribution is -2.26. The SMILES string of the molecule is C[CH-][N+](=CCl)CC(O)COC. The molecule has 0 aliphatic carbocycles. The highest BCUT2D eigenvalue weighted by Crippen LogP contribution is 1.89. The maximum absolute atomic E-state index is 9.22. The number of aliphatic hydroxyl groups excluding tert-OH is 1. The van der Waals surface area contributed by atoms with E-state index in [4.69, 9.17) is 16.3 Å². The fourth-order valence-electron chi connectivity index (χ4n) is 0.690. The standard InChI is InChI=1S/C7H14ClNO2/c1-3-9(6-8)4-7(10)5-11-2/h3,6-7,10H,4-5H2,1-2H3. The molecule has 1 atom stereocenters. The van der Waals surface area contributed by atoms with Gasteiger partial charge in [0.25, 0.3) is 0 Å². The predicted octanol–water partition coefficient (Wildman–Crippen LogP) is 0.455. The Bertz CT molecular complexity index is 128. The van der Waals surface area contributed by atoms with Gasteiger partial charge in [0.05, 0.1) is 12.3 Å². The van der Waals surface area contributed by atoms with Crippen molar-refractivity contribution in [2.45, 2.75) is 13.0 Å². The second kappa shape index (κ2) is 6.46. The van der Waals surface area contributed by atoms with E-state index >= 15 is 0 Å². The van der Waals surface area contributed by atoms with Gasteiger partial charge in [0.1, 0.15) is 12.6 Å². The summed E-state index contributed by atoms with van der Waals surface area (Å²) < 4.78 is 6.43. The summed E-state index contributed by atoms with van der Waals surface area (Å²) in [5.41, 5.74) is 1.39. The van der Waals surface area contributed by atoms with Crippen molar-refractivity contribution < 1.29 is 14.4 Å². The van der Waals surface area contributed by atoms with Gasteiger partial charge in [0.15, 0.2) is 0 Å². The van der Waals surface area contributed by atoms with Crippen molar-refractivity contribution in [3.05, 3.63) is 6.54 Å². The van der Waals surface area contributed by atoms with Crippen molar-refractivity contribution in [3.8, 4) is 0 Å². The molecule has 1 N–H and O–H groups in total. The summed E-state index contributed by atoms with van der Waals surface area (Å²) in [5, 5.41) is 9.22. The van der Waals surface area contributed by atoms with Crippen LogP contribution in [0.1, 0.15) is 6.92 Å². The van der Waals surface area contributed by atoms with Crippen LogP contribution in [-0.2, 0) is 4.74 Å². The van der Waals surface area contributed by atoms with Crippen molar-refractivity contribution in [2.24, 2.45) is 0 Å². The summed E-state index contributed by atoms with van der Waals surface area (Å²) in [4.78, 5) is 0. The maximum atomic E-state index is 9.22. The zero-order valence-corrected chi connectivity index (χ0v) is 7.58. The number of halogens is 1. The molecule has 0 aromatic rings. The van der Waals surface area contributed by atoms with E-state index in [1.165, 1.54) is 5.67 Å². The molecule has 0 bridgehead atoms. The summed E-state index contributed by atoms with van der Waals surface area (Å²) >= 11 is 5.43. The summed E-state index contributed by atoms with van der Waals surface area (Å²) in [5.74, 6) is 0. The van der Waals surface area contributed by atoms with Gasteiger partial charge in [0.2, 0.25) is 0 Å². The van der Waals surface area contributed by atoms with Gasteiger partial charge in [-0.2, -0.15) is 0 Å². The zero-order valence-electron chi connectivity index (χ0n) is 6.83. The Labute approximate surface area is 72.2 Å². The van der Waals surface area contributed by atoms with Crippen LogP contribution in [0, 0.1) is 6.54 Å². The van der Waals surface area contributed by atoms with E-state index in [2.05, 4.69) is 0 Å². The normalized spacial score (nSPS) is 14.7. The first kappa shape index (κ1) is 10.8. The van der Waals surface area contributed by atoms with Crippen LogP contribution in [-0.4, -0.2) is 41.7 Å². The van der Waals surface area contributed by atoms with Crippen molar-refractivity contribution in [1.29, 1.82) is 0 Å². The number of hydrogen-bond donors (Lipinski definition) is 1. The van der Waals surface area contributed by atoms with Gasteiger partial charge in [-0.1, -0.05) is 6.92 Å². The Kier molecular flexibility index (Phi) is 6.31. The minimum atomic E-state index is -0.494. The molecule has 0 amide bonds. The molecule has 3 nitrogen and oxygen atoms in total. The molecule has 0 saturated heterocycles. The number of aliphatic hydroxyl groups is 1. The highest BCUT2D eigenvalue weighted by Gasteiger charge is 2.06. The molecule has 0 aliphatic heterocycles. The molecule has 0 fully saturated rings. The quantitative estimate of drug-likeness (QED) is 0.378. The first-order valence-corrected chi connectivity index (χ1v) is 3.84. The van der Waals surface area contributed by atoms with E-state index in [0.29, 0.717) is 13.2 Å². The smallest absolute Gasteiger partial charge is 0.144 e. The van der Waals surface area contributed by atoms with E-state index < -0.39 is 6.10 Å². The van der Waals surface area contributed by atoms with Crippen LogP contribution in [0.25, 0.3) is 0 Å². The molecular weight excluding hydrogens is 166 g/mol. The molecule has 1 unspecified atom stereocenters. The van der Waals surface area contributed by atoms with E-state index in [1.807, 2.05) is 6.92 Å². The first-order valence-electron chi connectivity index (χ1n) is 3.40. The molecule has 0 rings (SSSR count). The van der Waals surface area contributed by atoms with Gasteiger partial charge in [-0.25, -0.2) is 0 Å². The molecule has 0 aromatic heterocycles. The molecule has 0 aromatic carbocycles. The Morgan fingerprint density at radius 2 is 2.45 bits per heavy atom. The number of hydrogen-bond acceptors (Lipinski definition) is 2. The van der Waals surface area contributed by atoms with Gasteiger partial charge >= 0.3 is 0 Å². The summed E-state index contributed by atoms with van der Waals surface area (Å²) in [7, 11) is 1.55. The molecule has 0 spiro atoms. The van der Waals surface area contributed by atoms with Crippen LogP contribution in [0.5, 0.6) is 0 Å². The lowest BCUT2D eigenvalue weighted by molar-refractivity contribution is -0.490. The van der Waals surface area contributed by atoms with Crippen LogP contribution >= 0.6 is 11.6 Å². The largest absolute Gasteiger partial charge is 0.384 e. The average molecular weight is 180 g/mol. The second-order valence-corrected chi connectivity index (χ2v) is 2.36. The van der Waals surface area contributed by atoms with Crippen molar-refractivity contribution in [1.82, 2.24) is 0 Å². The molecule has 0 radical (unpaired) electrons.